The van der Waals surface area contributed by atoms with Crippen LogP contribution in [0.3, 0.4) is 0 Å². The molecule has 2 aliphatic heterocycles. The third kappa shape index (κ3) is 2.86. The fourth-order valence-electron chi connectivity index (χ4n) is 4.68. The van der Waals surface area contributed by atoms with Gasteiger partial charge in [0.05, 0.1) is 12.6 Å². The van der Waals surface area contributed by atoms with Crippen molar-refractivity contribution in [3.63, 3.8) is 0 Å². The predicted molar refractivity (Wildman–Crippen MR) is 121 cm³/mol. The molecule has 0 spiro atoms. The topological polar surface area (TPSA) is 24.5 Å². The number of para-hydroxylation sites is 1. The molecule has 152 valence electrons. The Morgan fingerprint density at radius 3 is 2.57 bits per heavy atom. The summed E-state index contributed by atoms with van der Waals surface area (Å²) in [5.74, 6) is 0.255. The maximum atomic E-state index is 13.8. The van der Waals surface area contributed by atoms with Gasteiger partial charge >= 0.3 is 0 Å². The number of methoxy groups -OCH3 is 1. The number of anilines is 2. The van der Waals surface area contributed by atoms with Crippen molar-refractivity contribution in [2.24, 2.45) is 0 Å². The number of rotatable bonds is 3. The molecule has 5 rings (SSSR count). The first-order valence-electron chi connectivity index (χ1n) is 10.2. The van der Waals surface area contributed by atoms with E-state index in [4.69, 9.17) is 4.74 Å². The molecule has 0 fully saturated rings. The minimum Gasteiger partial charge on any atom is -0.496 e. The van der Waals surface area contributed by atoms with Crippen molar-refractivity contribution in [2.75, 3.05) is 17.3 Å². The summed E-state index contributed by atoms with van der Waals surface area (Å²) >= 11 is 0. The first kappa shape index (κ1) is 18.7. The van der Waals surface area contributed by atoms with Crippen LogP contribution in [0, 0.1) is 12.7 Å². The summed E-state index contributed by atoms with van der Waals surface area (Å²) in [6, 6.07) is 17.5. The summed E-state index contributed by atoms with van der Waals surface area (Å²) in [7, 11) is 1.59. The van der Waals surface area contributed by atoms with E-state index in [-0.39, 0.29) is 11.4 Å². The van der Waals surface area contributed by atoms with Gasteiger partial charge in [-0.05, 0) is 67.8 Å². The molecule has 3 nitrogen and oxygen atoms in total. The number of nitrogens with one attached hydrogen (secondary N) is 1. The summed E-state index contributed by atoms with van der Waals surface area (Å²) < 4.78 is 19.3. The Kier molecular flexibility index (Phi) is 4.14. The summed E-state index contributed by atoms with van der Waals surface area (Å²) in [4.78, 5) is 2.39. The normalized spacial score (nSPS) is 16.0. The molecule has 0 radical (unpaired) electrons. The molecular formula is C26H25FN2O. The lowest BCUT2D eigenvalue weighted by molar-refractivity contribution is 0.413. The van der Waals surface area contributed by atoms with Crippen LogP contribution in [0.5, 0.6) is 5.75 Å². The second-order valence-corrected chi connectivity index (χ2v) is 8.61. The zero-order valence-electron chi connectivity index (χ0n) is 17.7. The third-order valence-corrected chi connectivity index (χ3v) is 5.99. The van der Waals surface area contributed by atoms with E-state index in [2.05, 4.69) is 73.5 Å². The fraction of sp³-hybridized carbons (Fsp3) is 0.231. The van der Waals surface area contributed by atoms with Crippen molar-refractivity contribution in [3.05, 3.63) is 83.2 Å². The van der Waals surface area contributed by atoms with Crippen molar-refractivity contribution in [2.45, 2.75) is 32.9 Å². The van der Waals surface area contributed by atoms with E-state index in [9.17, 15) is 4.39 Å². The van der Waals surface area contributed by atoms with Gasteiger partial charge in [-0.2, -0.15) is 0 Å². The first-order valence-corrected chi connectivity index (χ1v) is 10.2. The molecule has 0 bridgehead atoms. The zero-order valence-corrected chi connectivity index (χ0v) is 17.7. The molecular weight excluding hydrogens is 375 g/mol. The molecule has 30 heavy (non-hydrogen) atoms. The van der Waals surface area contributed by atoms with Crippen molar-refractivity contribution < 1.29 is 9.13 Å². The van der Waals surface area contributed by atoms with Gasteiger partial charge in [0.2, 0.25) is 0 Å². The van der Waals surface area contributed by atoms with Gasteiger partial charge in [-0.3, -0.25) is 0 Å². The highest BCUT2D eigenvalue weighted by Crippen LogP contribution is 2.49. The number of benzene rings is 3. The predicted octanol–water partition coefficient (Wildman–Crippen LogP) is 6.37. The number of aryl methyl sites for hydroxylation is 1. The molecule has 0 saturated heterocycles. The van der Waals surface area contributed by atoms with E-state index < -0.39 is 0 Å². The molecule has 0 aromatic heterocycles. The fourth-order valence-corrected chi connectivity index (χ4v) is 4.68. The average Bonchev–Trinajstić information content (AvgIpc) is 3.07. The van der Waals surface area contributed by atoms with Crippen LogP contribution in [0.1, 0.15) is 30.5 Å². The lowest BCUT2D eigenvalue weighted by Gasteiger charge is -2.33. The van der Waals surface area contributed by atoms with Crippen LogP contribution in [0.4, 0.5) is 15.8 Å². The van der Waals surface area contributed by atoms with Crippen molar-refractivity contribution in [1.82, 2.24) is 0 Å². The highest BCUT2D eigenvalue weighted by Gasteiger charge is 2.36. The molecule has 0 unspecified atom stereocenters. The summed E-state index contributed by atoms with van der Waals surface area (Å²) in [5.41, 5.74) is 9.10. The van der Waals surface area contributed by atoms with Gasteiger partial charge in [0.15, 0.2) is 0 Å². The van der Waals surface area contributed by atoms with Gasteiger partial charge in [0, 0.05) is 40.8 Å². The molecule has 0 atom stereocenters. The summed E-state index contributed by atoms with van der Waals surface area (Å²) in [6.07, 6.45) is 2.31. The van der Waals surface area contributed by atoms with Gasteiger partial charge in [-0.1, -0.05) is 24.3 Å². The van der Waals surface area contributed by atoms with Crippen LogP contribution in [0.15, 0.2) is 60.7 Å². The van der Waals surface area contributed by atoms with E-state index >= 15 is 0 Å². The van der Waals surface area contributed by atoms with Crippen LogP contribution in [0.25, 0.3) is 16.8 Å². The number of hydrogen-bond acceptors (Lipinski definition) is 3. The Hall–Kier alpha value is -3.27. The number of halogens is 1. The second-order valence-electron chi connectivity index (χ2n) is 8.61. The van der Waals surface area contributed by atoms with E-state index in [1.54, 1.807) is 7.11 Å². The maximum Gasteiger partial charge on any atom is 0.129 e. The van der Waals surface area contributed by atoms with Crippen LogP contribution < -0.4 is 15.0 Å². The van der Waals surface area contributed by atoms with Crippen molar-refractivity contribution >= 4 is 17.1 Å². The number of nitrogens with zero attached hydrogens (tertiary/aromatic N) is 1. The Morgan fingerprint density at radius 1 is 1.03 bits per heavy atom. The van der Waals surface area contributed by atoms with E-state index in [1.165, 1.54) is 40.2 Å². The Bertz CT molecular complexity index is 1200. The first-order chi connectivity index (χ1) is 14.4. The van der Waals surface area contributed by atoms with Crippen LogP contribution >= 0.6 is 0 Å². The highest BCUT2D eigenvalue weighted by atomic mass is 19.1. The zero-order chi connectivity index (χ0) is 21.0. The minimum atomic E-state index is -0.296. The number of hydrogen-bond donors (Lipinski definition) is 1. The summed E-state index contributed by atoms with van der Waals surface area (Å²) in [6.45, 7) is 7.28. The van der Waals surface area contributed by atoms with Gasteiger partial charge in [0.25, 0.3) is 0 Å². The Labute approximate surface area is 176 Å². The Balaban J connectivity index is 1.74. The SMILES string of the molecule is COc1cc(F)ccc1-c1ccc2c3c1CN(c1ccccc1C)C3=CC(C)(C)N2. The molecule has 2 aliphatic rings. The van der Waals surface area contributed by atoms with Gasteiger partial charge in [0.1, 0.15) is 11.6 Å². The summed E-state index contributed by atoms with van der Waals surface area (Å²) in [5, 5.41) is 3.66. The standard InChI is InChI=1S/C26H25FN2O/c1-16-7-5-6-8-22(16)29-15-20-18(19-10-9-17(27)13-24(19)30-4)11-12-21-25(20)23(29)14-26(2,3)28-21/h5-14,28H,15H2,1-4H3. The van der Waals surface area contributed by atoms with Gasteiger partial charge in [-0.15, -0.1) is 0 Å². The molecule has 3 aromatic carbocycles. The number of ether oxygens (including phenoxy) is 1. The monoisotopic (exact) mass is 400 g/mol. The smallest absolute Gasteiger partial charge is 0.129 e. The second kappa shape index (κ2) is 6.63. The largest absolute Gasteiger partial charge is 0.496 e. The molecule has 0 saturated carbocycles. The van der Waals surface area contributed by atoms with Crippen LogP contribution in [0.2, 0.25) is 0 Å². The minimum absolute atomic E-state index is 0.153. The average molecular weight is 400 g/mol. The van der Waals surface area contributed by atoms with E-state index in [0.29, 0.717) is 5.75 Å². The molecule has 4 heteroatoms. The third-order valence-electron chi connectivity index (χ3n) is 5.99. The molecule has 0 amide bonds. The molecule has 2 heterocycles. The quantitative estimate of drug-likeness (QED) is 0.552. The van der Waals surface area contributed by atoms with Gasteiger partial charge < -0.3 is 15.0 Å². The van der Waals surface area contributed by atoms with Crippen LogP contribution in [-0.4, -0.2) is 12.6 Å². The van der Waals surface area contributed by atoms with Crippen molar-refractivity contribution in [1.29, 1.82) is 0 Å². The van der Waals surface area contributed by atoms with Gasteiger partial charge in [-0.25, -0.2) is 4.39 Å². The molecule has 0 aliphatic carbocycles. The van der Waals surface area contributed by atoms with Crippen LogP contribution in [-0.2, 0) is 6.54 Å². The Morgan fingerprint density at radius 2 is 1.80 bits per heavy atom. The van der Waals surface area contributed by atoms with E-state index in [0.717, 1.165) is 23.4 Å². The molecule has 1 N–H and O–H groups in total. The van der Waals surface area contributed by atoms with E-state index in [1.807, 2.05) is 6.07 Å². The van der Waals surface area contributed by atoms with Crippen molar-refractivity contribution in [3.8, 4) is 16.9 Å². The molecule has 3 aromatic rings. The highest BCUT2D eigenvalue weighted by molar-refractivity contribution is 5.97. The lowest BCUT2D eigenvalue weighted by atomic mass is 9.89. The lowest BCUT2D eigenvalue weighted by Crippen LogP contribution is -2.33. The maximum absolute atomic E-state index is 13.8.